The van der Waals surface area contributed by atoms with Crippen LogP contribution in [0.5, 0.6) is 0 Å². The summed E-state index contributed by atoms with van der Waals surface area (Å²) in [7, 11) is 0. The lowest BCUT2D eigenvalue weighted by molar-refractivity contribution is -0.134. The van der Waals surface area contributed by atoms with Crippen LogP contribution < -0.4 is 0 Å². The van der Waals surface area contributed by atoms with Gasteiger partial charge in [-0.05, 0) is 57.0 Å². The summed E-state index contributed by atoms with van der Waals surface area (Å²) in [4.78, 5) is 15.6. The summed E-state index contributed by atoms with van der Waals surface area (Å²) in [6.07, 6.45) is 4.28. The van der Waals surface area contributed by atoms with E-state index in [1.54, 1.807) is 5.01 Å². The van der Waals surface area contributed by atoms with Gasteiger partial charge in [0.2, 0.25) is 0 Å². The Bertz CT molecular complexity index is 933. The maximum atomic E-state index is 13.3. The molecule has 152 valence electrons. The number of hydrogen-bond acceptors (Lipinski definition) is 3. The van der Waals surface area contributed by atoms with Gasteiger partial charge in [-0.1, -0.05) is 60.0 Å². The SMILES string of the molecule is Cc1ccc(C)c([C@H]2CC(c3ccccc3Cl)=NN2C(=O)CN2CCCCC2)c1. The van der Waals surface area contributed by atoms with Crippen LogP contribution in [0.15, 0.2) is 47.6 Å². The molecule has 4 nitrogen and oxygen atoms in total. The Morgan fingerprint density at radius 1 is 1.10 bits per heavy atom. The van der Waals surface area contributed by atoms with Crippen molar-refractivity contribution in [2.75, 3.05) is 19.6 Å². The Morgan fingerprint density at radius 2 is 1.86 bits per heavy atom. The van der Waals surface area contributed by atoms with Gasteiger partial charge in [0.15, 0.2) is 0 Å². The van der Waals surface area contributed by atoms with Gasteiger partial charge in [0.05, 0.1) is 18.3 Å². The molecule has 1 saturated heterocycles. The summed E-state index contributed by atoms with van der Waals surface area (Å²) in [6, 6.07) is 14.1. The predicted octanol–water partition coefficient (Wildman–Crippen LogP) is 5.12. The molecule has 0 N–H and O–H groups in total. The second-order valence-corrected chi connectivity index (χ2v) is 8.59. The normalized spacial score (nSPS) is 20.0. The molecule has 2 aliphatic rings. The van der Waals surface area contributed by atoms with E-state index in [0.29, 0.717) is 18.0 Å². The van der Waals surface area contributed by atoms with E-state index in [0.717, 1.165) is 24.4 Å². The fraction of sp³-hybridized carbons (Fsp3) is 0.417. The Morgan fingerprint density at radius 3 is 2.62 bits per heavy atom. The van der Waals surface area contributed by atoms with Gasteiger partial charge in [-0.25, -0.2) is 5.01 Å². The Balaban J connectivity index is 1.66. The zero-order valence-corrected chi connectivity index (χ0v) is 18.0. The van der Waals surface area contributed by atoms with E-state index in [4.69, 9.17) is 16.7 Å². The van der Waals surface area contributed by atoms with E-state index in [1.807, 2.05) is 24.3 Å². The van der Waals surface area contributed by atoms with Crippen LogP contribution in [0.4, 0.5) is 0 Å². The molecule has 1 amide bonds. The quantitative estimate of drug-likeness (QED) is 0.702. The number of amides is 1. The molecule has 0 aliphatic carbocycles. The minimum Gasteiger partial charge on any atom is -0.294 e. The average molecular weight is 410 g/mol. The lowest BCUT2D eigenvalue weighted by Gasteiger charge is -2.29. The molecule has 2 aliphatic heterocycles. The van der Waals surface area contributed by atoms with Crippen LogP contribution in [-0.4, -0.2) is 41.2 Å². The van der Waals surface area contributed by atoms with Crippen LogP contribution in [0.3, 0.4) is 0 Å². The molecule has 0 aromatic heterocycles. The van der Waals surface area contributed by atoms with Gasteiger partial charge in [-0.15, -0.1) is 0 Å². The maximum Gasteiger partial charge on any atom is 0.257 e. The molecule has 2 heterocycles. The van der Waals surface area contributed by atoms with Crippen molar-refractivity contribution in [3.05, 3.63) is 69.7 Å². The average Bonchev–Trinajstić information content (AvgIpc) is 3.16. The Kier molecular flexibility index (Phi) is 6.02. The molecule has 0 radical (unpaired) electrons. The largest absolute Gasteiger partial charge is 0.294 e. The molecule has 2 aromatic carbocycles. The van der Waals surface area contributed by atoms with Gasteiger partial charge in [0, 0.05) is 17.0 Å². The highest BCUT2D eigenvalue weighted by molar-refractivity contribution is 6.34. The number of rotatable bonds is 4. The molecular weight excluding hydrogens is 382 g/mol. The first-order valence-electron chi connectivity index (χ1n) is 10.5. The molecule has 0 spiro atoms. The first kappa shape index (κ1) is 20.1. The number of piperidine rings is 1. The lowest BCUT2D eigenvalue weighted by atomic mass is 9.94. The fourth-order valence-electron chi connectivity index (χ4n) is 4.34. The van der Waals surface area contributed by atoms with Crippen molar-refractivity contribution in [3.63, 3.8) is 0 Å². The van der Waals surface area contributed by atoms with E-state index in [1.165, 1.54) is 36.0 Å². The topological polar surface area (TPSA) is 35.9 Å². The third-order valence-electron chi connectivity index (χ3n) is 5.95. The highest BCUT2D eigenvalue weighted by Crippen LogP contribution is 2.36. The van der Waals surface area contributed by atoms with E-state index < -0.39 is 0 Å². The smallest absolute Gasteiger partial charge is 0.257 e. The zero-order valence-electron chi connectivity index (χ0n) is 17.2. The van der Waals surface area contributed by atoms with Gasteiger partial charge in [-0.2, -0.15) is 5.10 Å². The number of nitrogens with zero attached hydrogens (tertiary/aromatic N) is 3. The van der Waals surface area contributed by atoms with Crippen molar-refractivity contribution < 1.29 is 4.79 Å². The van der Waals surface area contributed by atoms with Crippen LogP contribution in [0.1, 0.15) is 54.0 Å². The molecule has 29 heavy (non-hydrogen) atoms. The second-order valence-electron chi connectivity index (χ2n) is 8.18. The van der Waals surface area contributed by atoms with Crippen LogP contribution in [0.25, 0.3) is 0 Å². The number of benzene rings is 2. The second kappa shape index (κ2) is 8.68. The zero-order chi connectivity index (χ0) is 20.4. The number of likely N-dealkylation sites (tertiary alicyclic amines) is 1. The van der Waals surface area contributed by atoms with Gasteiger partial charge >= 0.3 is 0 Å². The highest BCUT2D eigenvalue weighted by Gasteiger charge is 2.35. The van der Waals surface area contributed by atoms with Gasteiger partial charge < -0.3 is 0 Å². The van der Waals surface area contributed by atoms with E-state index in [9.17, 15) is 4.79 Å². The van der Waals surface area contributed by atoms with Gasteiger partial charge in [0.25, 0.3) is 5.91 Å². The van der Waals surface area contributed by atoms with E-state index in [2.05, 4.69) is 36.9 Å². The van der Waals surface area contributed by atoms with Crippen LogP contribution in [0, 0.1) is 13.8 Å². The highest BCUT2D eigenvalue weighted by atomic mass is 35.5. The van der Waals surface area contributed by atoms with Crippen molar-refractivity contribution in [2.45, 2.75) is 45.6 Å². The predicted molar refractivity (Wildman–Crippen MR) is 118 cm³/mol. The third kappa shape index (κ3) is 4.39. The van der Waals surface area contributed by atoms with Crippen molar-refractivity contribution in [3.8, 4) is 0 Å². The first-order chi connectivity index (χ1) is 14.0. The molecule has 4 rings (SSSR count). The Hall–Kier alpha value is -2.17. The van der Waals surface area contributed by atoms with Gasteiger partial charge in [0.1, 0.15) is 0 Å². The maximum absolute atomic E-state index is 13.3. The molecule has 0 saturated carbocycles. The van der Waals surface area contributed by atoms with E-state index >= 15 is 0 Å². The summed E-state index contributed by atoms with van der Waals surface area (Å²) >= 11 is 6.44. The summed E-state index contributed by atoms with van der Waals surface area (Å²) in [5, 5.41) is 7.20. The van der Waals surface area contributed by atoms with Gasteiger partial charge in [-0.3, -0.25) is 9.69 Å². The molecular formula is C24H28ClN3O. The monoisotopic (exact) mass is 409 g/mol. The summed E-state index contributed by atoms with van der Waals surface area (Å²) in [5.74, 6) is 0.0693. The van der Waals surface area contributed by atoms with Crippen molar-refractivity contribution in [2.24, 2.45) is 5.10 Å². The van der Waals surface area contributed by atoms with Crippen molar-refractivity contribution >= 4 is 23.2 Å². The van der Waals surface area contributed by atoms with Crippen molar-refractivity contribution in [1.82, 2.24) is 9.91 Å². The van der Waals surface area contributed by atoms with Crippen LogP contribution in [-0.2, 0) is 4.79 Å². The molecule has 1 fully saturated rings. The summed E-state index contributed by atoms with van der Waals surface area (Å²) in [6.45, 7) is 6.62. The van der Waals surface area contributed by atoms with Crippen LogP contribution in [0.2, 0.25) is 5.02 Å². The standard InChI is InChI=1S/C24H28ClN3O/c1-17-10-11-18(2)20(14-17)23-15-22(19-8-4-5-9-21(19)25)26-28(23)24(29)16-27-12-6-3-7-13-27/h4-5,8-11,14,23H,3,6-7,12-13,15-16H2,1-2H3/t23-/m1/s1. The number of carbonyl (C=O) groups is 1. The number of aryl methyl sites for hydroxylation is 2. The minimum absolute atomic E-state index is 0.0693. The lowest BCUT2D eigenvalue weighted by Crippen LogP contribution is -2.40. The molecule has 2 aromatic rings. The minimum atomic E-state index is -0.0848. The number of halogens is 1. The number of hydrogen-bond donors (Lipinski definition) is 0. The number of carbonyl (C=O) groups excluding carboxylic acids is 1. The molecule has 0 bridgehead atoms. The molecule has 5 heteroatoms. The Labute approximate surface area is 178 Å². The van der Waals surface area contributed by atoms with Crippen LogP contribution >= 0.6 is 11.6 Å². The summed E-state index contributed by atoms with van der Waals surface area (Å²) in [5.41, 5.74) is 5.35. The molecule has 1 atom stereocenters. The first-order valence-corrected chi connectivity index (χ1v) is 10.8. The summed E-state index contributed by atoms with van der Waals surface area (Å²) < 4.78 is 0. The van der Waals surface area contributed by atoms with Crippen molar-refractivity contribution in [1.29, 1.82) is 0 Å². The number of hydrazone groups is 1. The fourth-order valence-corrected chi connectivity index (χ4v) is 4.59. The molecule has 0 unspecified atom stereocenters. The van der Waals surface area contributed by atoms with E-state index in [-0.39, 0.29) is 11.9 Å². The third-order valence-corrected chi connectivity index (χ3v) is 6.28.